The number of nitrogens with zero attached hydrogens (tertiary/aromatic N) is 2. The van der Waals surface area contributed by atoms with Crippen LogP contribution in [0.3, 0.4) is 0 Å². The summed E-state index contributed by atoms with van der Waals surface area (Å²) in [5.74, 6) is 0.277. The van der Waals surface area contributed by atoms with Crippen LogP contribution in [0.2, 0.25) is 0 Å². The van der Waals surface area contributed by atoms with Gasteiger partial charge < -0.3 is 9.15 Å². The van der Waals surface area contributed by atoms with Gasteiger partial charge in [-0.3, -0.25) is 0 Å². The average Bonchev–Trinajstić information content (AvgIpc) is 2.66. The zero-order chi connectivity index (χ0) is 11.1. The third kappa shape index (κ3) is 1.05. The van der Waals surface area contributed by atoms with Crippen LogP contribution in [-0.2, 0) is 0 Å². The second-order valence-corrected chi connectivity index (χ2v) is 3.33. The molecule has 1 aromatic rings. The number of aromatic nitrogens is 2. The number of fused-ring (bicyclic) bond motifs is 3. The van der Waals surface area contributed by atoms with Gasteiger partial charge in [0.05, 0.1) is 12.6 Å². The first-order valence-electron chi connectivity index (χ1n) is 4.74. The Kier molecular flexibility index (Phi) is 1.73. The molecule has 0 bridgehead atoms. The van der Waals surface area contributed by atoms with Crippen LogP contribution in [0.1, 0.15) is 0 Å². The van der Waals surface area contributed by atoms with Gasteiger partial charge in [0.25, 0.3) is 0 Å². The quantitative estimate of drug-likeness (QED) is 0.617. The minimum atomic E-state index is -0.362. The molecule has 2 heterocycles. The number of benzene rings is 1. The van der Waals surface area contributed by atoms with E-state index < -0.39 is 0 Å². The highest BCUT2D eigenvalue weighted by atomic mass is 16.5. The third-order valence-electron chi connectivity index (χ3n) is 2.45. The molecule has 0 fully saturated rings. The standard InChI is InChI=1S/C11H8N2O3/c1-15-10-8-6-16-9-5-3-2-4-7(9)13(8)11(14)12-10/h2-6H,1H3. The predicted molar refractivity (Wildman–Crippen MR) is 57.3 cm³/mol. The van der Waals surface area contributed by atoms with Crippen LogP contribution in [0.25, 0.3) is 16.8 Å². The van der Waals surface area contributed by atoms with Crippen molar-refractivity contribution in [1.29, 1.82) is 0 Å². The van der Waals surface area contributed by atoms with Crippen molar-refractivity contribution in [3.05, 3.63) is 41.0 Å². The zero-order valence-corrected chi connectivity index (χ0v) is 8.51. The van der Waals surface area contributed by atoms with Crippen molar-refractivity contribution in [2.75, 3.05) is 7.11 Å². The molecule has 0 aliphatic carbocycles. The first-order valence-corrected chi connectivity index (χ1v) is 4.74. The lowest BCUT2D eigenvalue weighted by atomic mass is 10.3. The summed E-state index contributed by atoms with van der Waals surface area (Å²) in [6.45, 7) is 0. The van der Waals surface area contributed by atoms with Crippen molar-refractivity contribution >= 4 is 11.1 Å². The molecular weight excluding hydrogens is 208 g/mol. The molecule has 0 saturated carbocycles. The Hall–Kier alpha value is -2.30. The number of ether oxygens (including phenoxy) is 1. The third-order valence-corrected chi connectivity index (χ3v) is 2.45. The SMILES string of the molecule is COc1nc(=O)n2c3ccccc3occ1-2. The Morgan fingerprint density at radius 3 is 3.00 bits per heavy atom. The van der Waals surface area contributed by atoms with Crippen LogP contribution >= 0.6 is 0 Å². The Bertz CT molecular complexity index is 683. The summed E-state index contributed by atoms with van der Waals surface area (Å²) >= 11 is 0. The summed E-state index contributed by atoms with van der Waals surface area (Å²) in [4.78, 5) is 15.5. The van der Waals surface area contributed by atoms with E-state index in [9.17, 15) is 4.79 Å². The van der Waals surface area contributed by atoms with Gasteiger partial charge in [0.1, 0.15) is 12.0 Å². The number of hydrogen-bond acceptors (Lipinski definition) is 4. The highest BCUT2D eigenvalue weighted by Gasteiger charge is 2.18. The molecule has 16 heavy (non-hydrogen) atoms. The fourth-order valence-electron chi connectivity index (χ4n) is 1.74. The van der Waals surface area contributed by atoms with Crippen LogP contribution in [0, 0.1) is 0 Å². The Morgan fingerprint density at radius 2 is 2.19 bits per heavy atom. The van der Waals surface area contributed by atoms with Gasteiger partial charge in [-0.25, -0.2) is 9.36 Å². The van der Waals surface area contributed by atoms with Crippen molar-refractivity contribution < 1.29 is 9.15 Å². The average molecular weight is 216 g/mol. The van der Waals surface area contributed by atoms with E-state index in [0.717, 1.165) is 0 Å². The summed E-state index contributed by atoms with van der Waals surface area (Å²) in [6.07, 6.45) is 1.47. The molecule has 5 heteroatoms. The smallest absolute Gasteiger partial charge is 0.356 e. The summed E-state index contributed by atoms with van der Waals surface area (Å²) in [7, 11) is 1.47. The molecule has 0 N–H and O–H groups in total. The van der Waals surface area contributed by atoms with Crippen molar-refractivity contribution in [3.63, 3.8) is 0 Å². The van der Waals surface area contributed by atoms with Gasteiger partial charge in [-0.15, -0.1) is 0 Å². The second kappa shape index (κ2) is 3.10. The normalized spacial score (nSPS) is 11.1. The summed E-state index contributed by atoms with van der Waals surface area (Å²) < 4.78 is 11.9. The summed E-state index contributed by atoms with van der Waals surface area (Å²) in [5, 5.41) is 0. The maximum absolute atomic E-state index is 11.7. The highest BCUT2D eigenvalue weighted by molar-refractivity contribution is 5.75. The lowest BCUT2D eigenvalue weighted by molar-refractivity contribution is 0.399. The predicted octanol–water partition coefficient (Wildman–Crippen LogP) is 1.43. The number of para-hydroxylation sites is 2. The Balaban J connectivity index is 2.52. The van der Waals surface area contributed by atoms with Crippen LogP contribution < -0.4 is 10.4 Å². The maximum atomic E-state index is 11.7. The van der Waals surface area contributed by atoms with Crippen LogP contribution in [0.4, 0.5) is 0 Å². The molecule has 3 rings (SSSR count). The molecule has 0 amide bonds. The molecule has 1 aromatic carbocycles. The largest absolute Gasteiger partial charge is 0.479 e. The van der Waals surface area contributed by atoms with Crippen molar-refractivity contribution in [2.24, 2.45) is 0 Å². The molecule has 2 aliphatic heterocycles. The van der Waals surface area contributed by atoms with Crippen molar-refractivity contribution in [3.8, 4) is 11.6 Å². The molecule has 0 unspecified atom stereocenters. The van der Waals surface area contributed by atoms with Crippen LogP contribution in [-0.4, -0.2) is 16.7 Å². The fraction of sp³-hybridized carbons (Fsp3) is 0.0909. The van der Waals surface area contributed by atoms with E-state index in [4.69, 9.17) is 9.15 Å². The van der Waals surface area contributed by atoms with E-state index in [0.29, 0.717) is 16.8 Å². The van der Waals surface area contributed by atoms with Gasteiger partial charge in [-0.2, -0.15) is 4.98 Å². The summed E-state index contributed by atoms with van der Waals surface area (Å²) in [6, 6.07) is 7.27. The van der Waals surface area contributed by atoms with E-state index in [1.165, 1.54) is 17.9 Å². The number of hydrogen-bond donors (Lipinski definition) is 0. The monoisotopic (exact) mass is 216 g/mol. The molecule has 2 aliphatic rings. The van der Waals surface area contributed by atoms with Crippen LogP contribution in [0.5, 0.6) is 5.88 Å². The molecule has 5 nitrogen and oxygen atoms in total. The maximum Gasteiger partial charge on any atom is 0.356 e. The van der Waals surface area contributed by atoms with E-state index in [-0.39, 0.29) is 11.6 Å². The number of methoxy groups -OCH3 is 1. The van der Waals surface area contributed by atoms with Gasteiger partial charge in [-0.1, -0.05) is 12.1 Å². The number of imidazole rings is 1. The van der Waals surface area contributed by atoms with Crippen LogP contribution in [0.15, 0.2) is 39.7 Å². The fourth-order valence-corrected chi connectivity index (χ4v) is 1.74. The van der Waals surface area contributed by atoms with E-state index in [2.05, 4.69) is 4.98 Å². The molecule has 0 radical (unpaired) electrons. The minimum Gasteiger partial charge on any atom is -0.479 e. The van der Waals surface area contributed by atoms with Gasteiger partial charge in [0.2, 0.25) is 5.88 Å². The topological polar surface area (TPSA) is 57.3 Å². The Labute approximate surface area is 90.2 Å². The minimum absolute atomic E-state index is 0.277. The molecule has 0 saturated heterocycles. The van der Waals surface area contributed by atoms with Gasteiger partial charge in [-0.05, 0) is 12.1 Å². The first kappa shape index (κ1) is 8.96. The van der Waals surface area contributed by atoms with Gasteiger partial charge in [0, 0.05) is 0 Å². The second-order valence-electron chi connectivity index (χ2n) is 3.33. The number of rotatable bonds is 1. The molecule has 0 spiro atoms. The lowest BCUT2D eigenvalue weighted by Crippen LogP contribution is -2.14. The van der Waals surface area contributed by atoms with Gasteiger partial charge >= 0.3 is 5.69 Å². The first-order chi connectivity index (χ1) is 7.81. The van der Waals surface area contributed by atoms with E-state index in [1.54, 1.807) is 12.1 Å². The molecule has 80 valence electrons. The van der Waals surface area contributed by atoms with Gasteiger partial charge in [0.15, 0.2) is 5.58 Å². The lowest BCUT2D eigenvalue weighted by Gasteiger charge is -2.06. The summed E-state index contributed by atoms with van der Waals surface area (Å²) in [5.41, 5.74) is 1.48. The zero-order valence-electron chi connectivity index (χ0n) is 8.51. The molecular formula is C11H8N2O3. The molecule has 0 aromatic heterocycles. The van der Waals surface area contributed by atoms with E-state index >= 15 is 0 Å². The molecule has 0 atom stereocenters. The van der Waals surface area contributed by atoms with Crippen molar-refractivity contribution in [2.45, 2.75) is 0 Å². The Morgan fingerprint density at radius 1 is 1.38 bits per heavy atom. The van der Waals surface area contributed by atoms with E-state index in [1.807, 2.05) is 12.1 Å². The highest BCUT2D eigenvalue weighted by Crippen LogP contribution is 2.25. The van der Waals surface area contributed by atoms with Crippen molar-refractivity contribution in [1.82, 2.24) is 9.55 Å².